The maximum Gasteiger partial charge on any atom is 0.123 e. The van der Waals surface area contributed by atoms with Gasteiger partial charge in [0, 0.05) is 19.0 Å². The van der Waals surface area contributed by atoms with Gasteiger partial charge in [0.2, 0.25) is 0 Å². The molecule has 0 saturated carbocycles. The SMILES string of the molecule is Cc1cc(F)ccc1CN(C)CC(C)C(N)=S. The predicted molar refractivity (Wildman–Crippen MR) is 73.4 cm³/mol. The molecule has 0 bridgehead atoms. The smallest absolute Gasteiger partial charge is 0.123 e. The van der Waals surface area contributed by atoms with Gasteiger partial charge >= 0.3 is 0 Å². The summed E-state index contributed by atoms with van der Waals surface area (Å²) in [5, 5.41) is 0. The van der Waals surface area contributed by atoms with Crippen LogP contribution in [0.4, 0.5) is 4.39 Å². The second-order valence-electron chi connectivity index (χ2n) is 4.57. The molecule has 0 fully saturated rings. The van der Waals surface area contributed by atoms with Crippen LogP contribution in [0.2, 0.25) is 0 Å². The van der Waals surface area contributed by atoms with Gasteiger partial charge in [0.25, 0.3) is 0 Å². The second-order valence-corrected chi connectivity index (χ2v) is 5.04. The van der Waals surface area contributed by atoms with Gasteiger partial charge in [0.05, 0.1) is 4.99 Å². The van der Waals surface area contributed by atoms with Gasteiger partial charge in [-0.1, -0.05) is 25.2 Å². The van der Waals surface area contributed by atoms with Crippen LogP contribution in [0.3, 0.4) is 0 Å². The van der Waals surface area contributed by atoms with Gasteiger partial charge in [0.1, 0.15) is 5.82 Å². The Morgan fingerprint density at radius 1 is 1.53 bits per heavy atom. The first kappa shape index (κ1) is 14.1. The summed E-state index contributed by atoms with van der Waals surface area (Å²) in [6.45, 7) is 5.52. The highest BCUT2D eigenvalue weighted by Crippen LogP contribution is 2.13. The Labute approximate surface area is 108 Å². The quantitative estimate of drug-likeness (QED) is 0.819. The summed E-state index contributed by atoms with van der Waals surface area (Å²) in [5.74, 6) is 0.00108. The summed E-state index contributed by atoms with van der Waals surface area (Å²) in [6.07, 6.45) is 0. The van der Waals surface area contributed by atoms with Crippen LogP contribution in [0.15, 0.2) is 18.2 Å². The molecule has 0 heterocycles. The topological polar surface area (TPSA) is 29.3 Å². The first-order chi connectivity index (χ1) is 7.90. The van der Waals surface area contributed by atoms with Gasteiger partial charge in [-0.2, -0.15) is 0 Å². The number of aryl methyl sites for hydroxylation is 1. The van der Waals surface area contributed by atoms with E-state index in [2.05, 4.69) is 4.90 Å². The Hall–Kier alpha value is -1.00. The third-order valence-corrected chi connectivity index (χ3v) is 3.22. The molecule has 0 aromatic heterocycles. The van der Waals surface area contributed by atoms with E-state index < -0.39 is 0 Å². The lowest BCUT2D eigenvalue weighted by atomic mass is 10.1. The second kappa shape index (κ2) is 6.07. The molecule has 1 rings (SSSR count). The van der Waals surface area contributed by atoms with Crippen molar-refractivity contribution in [2.45, 2.75) is 20.4 Å². The first-order valence-corrected chi connectivity index (χ1v) is 6.04. The molecule has 0 aliphatic carbocycles. The van der Waals surface area contributed by atoms with E-state index in [-0.39, 0.29) is 11.7 Å². The van der Waals surface area contributed by atoms with Crippen LogP contribution < -0.4 is 5.73 Å². The molecule has 0 radical (unpaired) electrons. The molecule has 0 amide bonds. The summed E-state index contributed by atoms with van der Waals surface area (Å²) in [6, 6.07) is 4.87. The standard InChI is InChI=1S/C13H19FN2S/c1-9-6-12(14)5-4-11(9)8-16(3)7-10(2)13(15)17/h4-6,10H,7-8H2,1-3H3,(H2,15,17). The van der Waals surface area contributed by atoms with Crippen molar-refractivity contribution in [2.24, 2.45) is 11.7 Å². The minimum Gasteiger partial charge on any atom is -0.393 e. The zero-order valence-electron chi connectivity index (χ0n) is 10.5. The number of hydrogen-bond acceptors (Lipinski definition) is 2. The van der Waals surface area contributed by atoms with Crippen molar-refractivity contribution in [2.75, 3.05) is 13.6 Å². The van der Waals surface area contributed by atoms with Gasteiger partial charge in [0.15, 0.2) is 0 Å². The van der Waals surface area contributed by atoms with E-state index in [0.29, 0.717) is 4.99 Å². The van der Waals surface area contributed by atoms with E-state index in [1.165, 1.54) is 6.07 Å². The van der Waals surface area contributed by atoms with Crippen LogP contribution in [0, 0.1) is 18.7 Å². The number of nitrogens with zero attached hydrogens (tertiary/aromatic N) is 1. The summed E-state index contributed by atoms with van der Waals surface area (Å²) in [7, 11) is 2.01. The number of hydrogen-bond donors (Lipinski definition) is 1. The molecule has 4 heteroatoms. The van der Waals surface area contributed by atoms with Crippen molar-refractivity contribution >= 4 is 17.2 Å². The van der Waals surface area contributed by atoms with Crippen molar-refractivity contribution in [1.82, 2.24) is 4.90 Å². The third kappa shape index (κ3) is 4.40. The molecule has 2 N–H and O–H groups in total. The summed E-state index contributed by atoms with van der Waals surface area (Å²) in [5.41, 5.74) is 7.68. The number of rotatable bonds is 5. The fraction of sp³-hybridized carbons (Fsp3) is 0.462. The molecule has 1 aromatic rings. The Morgan fingerprint density at radius 2 is 2.18 bits per heavy atom. The van der Waals surface area contributed by atoms with E-state index in [0.717, 1.165) is 24.2 Å². The zero-order chi connectivity index (χ0) is 13.0. The molecule has 17 heavy (non-hydrogen) atoms. The highest BCUT2D eigenvalue weighted by molar-refractivity contribution is 7.80. The van der Waals surface area contributed by atoms with Crippen LogP contribution in [0.1, 0.15) is 18.1 Å². The van der Waals surface area contributed by atoms with Gasteiger partial charge < -0.3 is 10.6 Å². The van der Waals surface area contributed by atoms with E-state index >= 15 is 0 Å². The molecule has 94 valence electrons. The van der Waals surface area contributed by atoms with E-state index in [4.69, 9.17) is 18.0 Å². The van der Waals surface area contributed by atoms with Crippen LogP contribution in [0.5, 0.6) is 0 Å². The highest BCUT2D eigenvalue weighted by atomic mass is 32.1. The first-order valence-electron chi connectivity index (χ1n) is 5.63. The van der Waals surface area contributed by atoms with Gasteiger partial charge in [-0.15, -0.1) is 0 Å². The number of nitrogens with two attached hydrogens (primary N) is 1. The highest BCUT2D eigenvalue weighted by Gasteiger charge is 2.10. The third-order valence-electron chi connectivity index (χ3n) is 2.82. The van der Waals surface area contributed by atoms with Crippen molar-refractivity contribution in [3.05, 3.63) is 35.1 Å². The van der Waals surface area contributed by atoms with Crippen LogP contribution in [-0.2, 0) is 6.54 Å². The van der Waals surface area contributed by atoms with E-state index in [9.17, 15) is 4.39 Å². The lowest BCUT2D eigenvalue weighted by molar-refractivity contribution is 0.307. The number of benzene rings is 1. The lowest BCUT2D eigenvalue weighted by Gasteiger charge is -2.21. The Kier molecular flexibility index (Phi) is 5.02. The summed E-state index contributed by atoms with van der Waals surface area (Å²) in [4.78, 5) is 2.68. The zero-order valence-corrected chi connectivity index (χ0v) is 11.4. The average molecular weight is 254 g/mol. The molecule has 1 aromatic carbocycles. The Bertz CT molecular complexity index is 406. The van der Waals surface area contributed by atoms with Gasteiger partial charge in [-0.3, -0.25) is 0 Å². The minimum absolute atomic E-state index is 0.189. The molecule has 0 saturated heterocycles. The largest absolute Gasteiger partial charge is 0.393 e. The number of halogens is 1. The summed E-state index contributed by atoms with van der Waals surface area (Å²) >= 11 is 4.95. The maximum absolute atomic E-state index is 13.0. The molecule has 0 spiro atoms. The monoisotopic (exact) mass is 254 g/mol. The summed E-state index contributed by atoms with van der Waals surface area (Å²) < 4.78 is 13.0. The molecule has 0 aliphatic heterocycles. The molecular weight excluding hydrogens is 235 g/mol. The van der Waals surface area contributed by atoms with Crippen LogP contribution in [0.25, 0.3) is 0 Å². The number of thiocarbonyl (C=S) groups is 1. The molecule has 2 nitrogen and oxygen atoms in total. The van der Waals surface area contributed by atoms with Crippen molar-refractivity contribution in [1.29, 1.82) is 0 Å². The van der Waals surface area contributed by atoms with Gasteiger partial charge in [-0.25, -0.2) is 4.39 Å². The molecule has 0 aliphatic rings. The average Bonchev–Trinajstić information content (AvgIpc) is 2.22. The molecule has 1 unspecified atom stereocenters. The van der Waals surface area contributed by atoms with Crippen molar-refractivity contribution in [3.8, 4) is 0 Å². The van der Waals surface area contributed by atoms with Crippen LogP contribution >= 0.6 is 12.2 Å². The van der Waals surface area contributed by atoms with Crippen LogP contribution in [-0.4, -0.2) is 23.5 Å². The molecular formula is C13H19FN2S. The van der Waals surface area contributed by atoms with Gasteiger partial charge in [-0.05, 0) is 37.2 Å². The minimum atomic E-state index is -0.189. The molecule has 1 atom stereocenters. The van der Waals surface area contributed by atoms with E-state index in [1.54, 1.807) is 6.07 Å². The van der Waals surface area contributed by atoms with Crippen molar-refractivity contribution < 1.29 is 4.39 Å². The maximum atomic E-state index is 13.0. The Balaban J connectivity index is 2.62. The van der Waals surface area contributed by atoms with E-state index in [1.807, 2.05) is 27.0 Å². The predicted octanol–water partition coefficient (Wildman–Crippen LogP) is 2.49. The fourth-order valence-corrected chi connectivity index (χ4v) is 1.82. The lowest BCUT2D eigenvalue weighted by Crippen LogP contribution is -2.31. The van der Waals surface area contributed by atoms with Crippen molar-refractivity contribution in [3.63, 3.8) is 0 Å². The fourth-order valence-electron chi connectivity index (χ4n) is 1.75. The Morgan fingerprint density at radius 3 is 2.71 bits per heavy atom. The normalized spacial score (nSPS) is 12.8.